The Bertz CT molecular complexity index is 951. The lowest BCUT2D eigenvalue weighted by Gasteiger charge is -2.16. The first-order valence-corrected chi connectivity index (χ1v) is 10.2. The Balaban J connectivity index is 1.58. The molecular formula is C20H24N4O3S. The lowest BCUT2D eigenvalue weighted by Crippen LogP contribution is -2.24. The van der Waals surface area contributed by atoms with Gasteiger partial charge in [0.05, 0.1) is 11.1 Å². The number of anilines is 1. The van der Waals surface area contributed by atoms with Gasteiger partial charge in [-0.05, 0) is 32.9 Å². The van der Waals surface area contributed by atoms with Crippen molar-refractivity contribution in [3.63, 3.8) is 0 Å². The van der Waals surface area contributed by atoms with Crippen LogP contribution in [0.4, 0.5) is 5.82 Å². The van der Waals surface area contributed by atoms with Gasteiger partial charge in [0.1, 0.15) is 23.7 Å². The first-order chi connectivity index (χ1) is 13.3. The Kier molecular flexibility index (Phi) is 4.82. The third-order valence-electron chi connectivity index (χ3n) is 4.65. The maximum atomic E-state index is 12.7. The van der Waals surface area contributed by atoms with Crippen LogP contribution >= 0.6 is 11.8 Å². The van der Waals surface area contributed by atoms with E-state index in [2.05, 4.69) is 15.4 Å². The first-order valence-electron chi connectivity index (χ1n) is 9.26. The van der Waals surface area contributed by atoms with Crippen LogP contribution in [0.3, 0.4) is 0 Å². The largest absolute Gasteiger partial charge is 0.491 e. The summed E-state index contributed by atoms with van der Waals surface area (Å²) in [6.07, 6.45) is 2.52. The van der Waals surface area contributed by atoms with E-state index in [1.165, 1.54) is 0 Å². The van der Waals surface area contributed by atoms with E-state index >= 15 is 0 Å². The molecule has 0 bridgehead atoms. The molecule has 0 spiro atoms. The number of aromatic nitrogens is 2. The second-order valence-electron chi connectivity index (χ2n) is 7.74. The van der Waals surface area contributed by atoms with E-state index < -0.39 is 0 Å². The number of amides is 1. The predicted octanol–water partition coefficient (Wildman–Crippen LogP) is 3.30. The summed E-state index contributed by atoms with van der Waals surface area (Å²) in [6, 6.07) is 5.46. The molecule has 1 aromatic heterocycles. The lowest BCUT2D eigenvalue weighted by molar-refractivity contribution is 0.102. The molecular weight excluding hydrogens is 376 g/mol. The molecule has 1 unspecified atom stereocenters. The van der Waals surface area contributed by atoms with Crippen LogP contribution in [-0.4, -0.2) is 44.7 Å². The van der Waals surface area contributed by atoms with Crippen molar-refractivity contribution in [1.29, 1.82) is 0 Å². The van der Waals surface area contributed by atoms with Crippen molar-refractivity contribution >= 4 is 28.5 Å². The molecule has 0 fully saturated rings. The summed E-state index contributed by atoms with van der Waals surface area (Å²) in [5, 5.41) is 8.10. The monoisotopic (exact) mass is 400 g/mol. The second kappa shape index (κ2) is 7.16. The zero-order chi connectivity index (χ0) is 19.9. The maximum absolute atomic E-state index is 12.7. The number of nitrogens with one attached hydrogen (secondary N) is 1. The minimum Gasteiger partial charge on any atom is -0.491 e. The topological polar surface area (TPSA) is 77.7 Å². The van der Waals surface area contributed by atoms with Crippen LogP contribution < -0.4 is 14.8 Å². The molecule has 148 valence electrons. The van der Waals surface area contributed by atoms with E-state index in [1.807, 2.05) is 20.8 Å². The molecule has 8 heteroatoms. The molecule has 0 saturated carbocycles. The third kappa shape index (κ3) is 4.01. The summed E-state index contributed by atoms with van der Waals surface area (Å²) in [5.41, 5.74) is 1.16. The summed E-state index contributed by atoms with van der Waals surface area (Å²) in [7, 11) is 1.80. The van der Waals surface area contributed by atoms with Crippen LogP contribution in [0, 0.1) is 0 Å². The highest BCUT2D eigenvalue weighted by molar-refractivity contribution is 8.14. The van der Waals surface area contributed by atoms with Gasteiger partial charge in [0.25, 0.3) is 5.91 Å². The molecule has 3 heterocycles. The van der Waals surface area contributed by atoms with Crippen LogP contribution in [-0.2, 0) is 13.5 Å². The molecule has 1 aromatic carbocycles. The third-order valence-corrected chi connectivity index (χ3v) is 5.73. The fraction of sp³-hybridized carbons (Fsp3) is 0.450. The number of fused-ring (bicyclic) bond motifs is 1. The quantitative estimate of drug-likeness (QED) is 0.833. The Morgan fingerprint density at radius 2 is 2.29 bits per heavy atom. The van der Waals surface area contributed by atoms with Crippen molar-refractivity contribution in [2.45, 2.75) is 38.8 Å². The molecule has 7 nitrogen and oxygen atoms in total. The molecule has 2 aromatic rings. The lowest BCUT2D eigenvalue weighted by atomic mass is 9.99. The van der Waals surface area contributed by atoms with E-state index in [-0.39, 0.29) is 17.6 Å². The summed E-state index contributed by atoms with van der Waals surface area (Å²) >= 11 is 1.75. The number of carbonyl (C=O) groups excluding carboxylic acids is 1. The number of hydrogen-bond acceptors (Lipinski definition) is 6. The SMILES string of the molecule is CC1=NC(COc2cc(C(=O)Nc3ccn(C)n3)cc3c2CC(C)(C)O3)CS1. The minimum absolute atomic E-state index is 0.141. The summed E-state index contributed by atoms with van der Waals surface area (Å²) in [4.78, 5) is 17.3. The van der Waals surface area contributed by atoms with Crippen LogP contribution in [0.2, 0.25) is 0 Å². The van der Waals surface area contributed by atoms with Crippen LogP contribution in [0.15, 0.2) is 29.4 Å². The Morgan fingerprint density at radius 3 is 2.96 bits per heavy atom. The number of thioether (sulfide) groups is 1. The first kappa shape index (κ1) is 18.9. The number of aliphatic imine (C=N–C) groups is 1. The molecule has 1 atom stereocenters. The number of carbonyl (C=O) groups is 1. The number of ether oxygens (including phenoxy) is 2. The van der Waals surface area contributed by atoms with Gasteiger partial charge < -0.3 is 14.8 Å². The molecule has 0 aliphatic carbocycles. The number of aryl methyl sites for hydroxylation is 1. The standard InChI is InChI=1S/C20H24N4O3S/c1-12-21-14(11-28-12)10-26-16-7-13(8-17-15(16)9-20(2,3)27-17)19(25)22-18-5-6-24(4)23-18/h5-8,14H,9-11H2,1-4H3,(H,22,23,25). The van der Waals surface area contributed by atoms with Gasteiger partial charge in [-0.2, -0.15) is 5.10 Å². The Hall–Kier alpha value is -2.48. The van der Waals surface area contributed by atoms with E-state index in [0.717, 1.165) is 22.8 Å². The van der Waals surface area contributed by atoms with Crippen LogP contribution in [0.25, 0.3) is 0 Å². The number of rotatable bonds is 5. The van der Waals surface area contributed by atoms with Crippen molar-refractivity contribution in [2.24, 2.45) is 12.0 Å². The normalized spacial score (nSPS) is 19.7. The van der Waals surface area contributed by atoms with Gasteiger partial charge in [0, 0.05) is 42.6 Å². The van der Waals surface area contributed by atoms with E-state index in [4.69, 9.17) is 9.47 Å². The molecule has 4 rings (SSSR count). The molecule has 2 aliphatic heterocycles. The van der Waals surface area contributed by atoms with Crippen molar-refractivity contribution in [3.05, 3.63) is 35.5 Å². The van der Waals surface area contributed by atoms with Gasteiger partial charge in [0.2, 0.25) is 0 Å². The van der Waals surface area contributed by atoms with Crippen LogP contribution in [0.1, 0.15) is 36.7 Å². The summed E-state index contributed by atoms with van der Waals surface area (Å²) < 4.78 is 13.8. The maximum Gasteiger partial charge on any atom is 0.257 e. The van der Waals surface area contributed by atoms with E-state index in [9.17, 15) is 4.79 Å². The Labute approximate surface area is 168 Å². The number of nitrogens with zero attached hydrogens (tertiary/aromatic N) is 3. The fourth-order valence-electron chi connectivity index (χ4n) is 3.39. The molecule has 28 heavy (non-hydrogen) atoms. The van der Waals surface area contributed by atoms with Gasteiger partial charge in [-0.1, -0.05) is 0 Å². The number of hydrogen-bond donors (Lipinski definition) is 1. The summed E-state index contributed by atoms with van der Waals surface area (Å²) in [5.74, 6) is 2.58. The summed E-state index contributed by atoms with van der Waals surface area (Å²) in [6.45, 7) is 6.57. The fourth-order valence-corrected chi connectivity index (χ4v) is 4.22. The second-order valence-corrected chi connectivity index (χ2v) is 8.96. The molecule has 1 N–H and O–H groups in total. The van der Waals surface area contributed by atoms with Gasteiger partial charge in [-0.15, -0.1) is 11.8 Å². The Morgan fingerprint density at radius 1 is 1.46 bits per heavy atom. The average molecular weight is 401 g/mol. The van der Waals surface area contributed by atoms with Gasteiger partial charge in [0.15, 0.2) is 5.82 Å². The van der Waals surface area contributed by atoms with Crippen molar-refractivity contribution < 1.29 is 14.3 Å². The number of benzene rings is 1. The van der Waals surface area contributed by atoms with Gasteiger partial charge >= 0.3 is 0 Å². The van der Waals surface area contributed by atoms with E-state index in [1.54, 1.807) is 47.9 Å². The smallest absolute Gasteiger partial charge is 0.257 e. The van der Waals surface area contributed by atoms with Gasteiger partial charge in [-0.25, -0.2) is 0 Å². The van der Waals surface area contributed by atoms with Crippen molar-refractivity contribution in [1.82, 2.24) is 9.78 Å². The van der Waals surface area contributed by atoms with Crippen molar-refractivity contribution in [3.8, 4) is 11.5 Å². The highest BCUT2D eigenvalue weighted by Gasteiger charge is 2.34. The predicted molar refractivity (Wildman–Crippen MR) is 111 cm³/mol. The zero-order valence-electron chi connectivity index (χ0n) is 16.5. The molecule has 2 aliphatic rings. The van der Waals surface area contributed by atoms with Gasteiger partial charge in [-0.3, -0.25) is 14.5 Å². The highest BCUT2D eigenvalue weighted by Crippen LogP contribution is 2.41. The molecule has 1 amide bonds. The molecule has 0 radical (unpaired) electrons. The van der Waals surface area contributed by atoms with E-state index in [0.29, 0.717) is 29.5 Å². The van der Waals surface area contributed by atoms with Crippen molar-refractivity contribution in [2.75, 3.05) is 17.7 Å². The highest BCUT2D eigenvalue weighted by atomic mass is 32.2. The average Bonchev–Trinajstić information content (AvgIpc) is 3.30. The molecule has 0 saturated heterocycles. The van der Waals surface area contributed by atoms with Crippen LogP contribution in [0.5, 0.6) is 11.5 Å². The zero-order valence-corrected chi connectivity index (χ0v) is 17.3. The minimum atomic E-state index is -0.325.